The van der Waals surface area contributed by atoms with Gasteiger partial charge in [-0.15, -0.1) is 0 Å². The molecule has 1 heterocycles. The predicted molar refractivity (Wildman–Crippen MR) is 50.3 cm³/mol. The molecule has 1 atom stereocenters. The summed E-state index contributed by atoms with van der Waals surface area (Å²) in [7, 11) is 0. The Hall–Kier alpha value is -0.610. The third-order valence-electron chi connectivity index (χ3n) is 3.07. The van der Waals surface area contributed by atoms with Gasteiger partial charge in [0.15, 0.2) is 0 Å². The van der Waals surface area contributed by atoms with E-state index in [4.69, 9.17) is 9.94 Å². The van der Waals surface area contributed by atoms with Gasteiger partial charge in [0.2, 0.25) is 5.91 Å². The Morgan fingerprint density at radius 2 is 2.36 bits per heavy atom. The molecule has 1 aliphatic heterocycles. The molecule has 80 valence electrons. The Labute approximate surface area is 83.8 Å². The molecule has 4 heteroatoms. The van der Waals surface area contributed by atoms with Crippen LogP contribution >= 0.6 is 0 Å². The van der Waals surface area contributed by atoms with Crippen molar-refractivity contribution in [3.8, 4) is 0 Å². The molecule has 1 saturated heterocycles. The second-order valence-electron chi connectivity index (χ2n) is 4.44. The molecule has 0 aromatic heterocycles. The Kier molecular flexibility index (Phi) is 2.49. The van der Waals surface area contributed by atoms with E-state index in [2.05, 4.69) is 0 Å². The van der Waals surface area contributed by atoms with Gasteiger partial charge in [0.05, 0.1) is 19.1 Å². The Balaban J connectivity index is 1.85. The van der Waals surface area contributed by atoms with E-state index in [9.17, 15) is 4.79 Å². The van der Waals surface area contributed by atoms with E-state index in [-0.39, 0.29) is 17.6 Å². The summed E-state index contributed by atoms with van der Waals surface area (Å²) in [5.74, 6) is 0.0744. The van der Waals surface area contributed by atoms with E-state index >= 15 is 0 Å². The molecule has 2 rings (SSSR count). The minimum absolute atomic E-state index is 0.0744. The van der Waals surface area contributed by atoms with Crippen LogP contribution in [0.2, 0.25) is 0 Å². The van der Waals surface area contributed by atoms with Crippen LogP contribution in [0.1, 0.15) is 39.0 Å². The van der Waals surface area contributed by atoms with Crippen LogP contribution in [-0.2, 0) is 9.63 Å². The Bertz CT molecular complexity index is 236. The van der Waals surface area contributed by atoms with E-state index in [1.165, 1.54) is 5.06 Å². The van der Waals surface area contributed by atoms with Crippen molar-refractivity contribution in [1.82, 2.24) is 5.06 Å². The number of aliphatic hydroxyl groups is 1. The standard InChI is InChI=1S/C10H17NO3/c1-8(12)3-6-11-9(13)7-10(14-11)4-2-5-10/h8,12H,2-7H2,1H3. The lowest BCUT2D eigenvalue weighted by Gasteiger charge is -2.35. The van der Waals surface area contributed by atoms with Crippen LogP contribution in [0.25, 0.3) is 0 Å². The number of nitrogens with zero attached hydrogens (tertiary/aromatic N) is 1. The summed E-state index contributed by atoms with van der Waals surface area (Å²) in [5.41, 5.74) is -0.157. The molecular formula is C10H17NO3. The first kappa shape index (κ1) is 9.93. The van der Waals surface area contributed by atoms with Gasteiger partial charge in [-0.25, -0.2) is 5.06 Å². The molecule has 4 nitrogen and oxygen atoms in total. The van der Waals surface area contributed by atoms with E-state index in [1.807, 2.05) is 0 Å². The molecule has 2 aliphatic rings. The number of aliphatic hydroxyl groups excluding tert-OH is 1. The van der Waals surface area contributed by atoms with Crippen LogP contribution in [-0.4, -0.2) is 34.3 Å². The smallest absolute Gasteiger partial charge is 0.249 e. The first-order valence-corrected chi connectivity index (χ1v) is 5.29. The van der Waals surface area contributed by atoms with E-state index < -0.39 is 0 Å². The number of hydrogen-bond donors (Lipinski definition) is 1. The van der Waals surface area contributed by atoms with Crippen LogP contribution in [0.15, 0.2) is 0 Å². The molecule has 14 heavy (non-hydrogen) atoms. The largest absolute Gasteiger partial charge is 0.393 e. The highest BCUT2D eigenvalue weighted by Gasteiger charge is 2.48. The van der Waals surface area contributed by atoms with Gasteiger partial charge >= 0.3 is 0 Å². The number of carbonyl (C=O) groups excluding carboxylic acids is 1. The van der Waals surface area contributed by atoms with Crippen molar-refractivity contribution in [2.75, 3.05) is 6.54 Å². The van der Waals surface area contributed by atoms with Crippen molar-refractivity contribution in [2.45, 2.75) is 50.7 Å². The average Bonchev–Trinajstić information content (AvgIpc) is 2.39. The van der Waals surface area contributed by atoms with Crippen molar-refractivity contribution in [3.05, 3.63) is 0 Å². The molecule has 1 unspecified atom stereocenters. The molecule has 1 saturated carbocycles. The molecule has 2 fully saturated rings. The zero-order chi connectivity index (χ0) is 10.2. The van der Waals surface area contributed by atoms with Gasteiger partial charge in [-0.05, 0) is 32.6 Å². The lowest BCUT2D eigenvalue weighted by atomic mass is 9.78. The third-order valence-corrected chi connectivity index (χ3v) is 3.07. The summed E-state index contributed by atoms with van der Waals surface area (Å²) >= 11 is 0. The zero-order valence-corrected chi connectivity index (χ0v) is 8.53. The van der Waals surface area contributed by atoms with Gasteiger partial charge in [-0.1, -0.05) is 0 Å². The van der Waals surface area contributed by atoms with Crippen LogP contribution in [0.4, 0.5) is 0 Å². The van der Waals surface area contributed by atoms with Crippen molar-refractivity contribution in [3.63, 3.8) is 0 Å². The van der Waals surface area contributed by atoms with Crippen LogP contribution < -0.4 is 0 Å². The predicted octanol–water partition coefficient (Wildman–Crippen LogP) is 0.844. The Morgan fingerprint density at radius 3 is 2.79 bits per heavy atom. The SMILES string of the molecule is CC(O)CCN1OC2(CCC2)CC1=O. The summed E-state index contributed by atoms with van der Waals surface area (Å²) in [6.07, 6.45) is 3.92. The summed E-state index contributed by atoms with van der Waals surface area (Å²) in [4.78, 5) is 17.1. The molecule has 0 radical (unpaired) electrons. The van der Waals surface area contributed by atoms with Crippen molar-refractivity contribution < 1.29 is 14.7 Å². The number of rotatable bonds is 3. The fraction of sp³-hybridized carbons (Fsp3) is 0.900. The monoisotopic (exact) mass is 199 g/mol. The lowest BCUT2D eigenvalue weighted by Crippen LogP contribution is -2.38. The van der Waals surface area contributed by atoms with Gasteiger partial charge < -0.3 is 5.11 Å². The maximum Gasteiger partial charge on any atom is 0.249 e. The van der Waals surface area contributed by atoms with Crippen molar-refractivity contribution in [2.24, 2.45) is 0 Å². The van der Waals surface area contributed by atoms with Crippen LogP contribution in [0.5, 0.6) is 0 Å². The summed E-state index contributed by atoms with van der Waals surface area (Å²) < 4.78 is 0. The maximum absolute atomic E-state index is 11.5. The topological polar surface area (TPSA) is 49.8 Å². The molecule has 1 amide bonds. The fourth-order valence-corrected chi connectivity index (χ4v) is 1.99. The number of hydroxylamine groups is 2. The molecule has 0 bridgehead atoms. The highest BCUT2D eigenvalue weighted by atomic mass is 16.7. The second kappa shape index (κ2) is 3.51. The van der Waals surface area contributed by atoms with Crippen molar-refractivity contribution in [1.29, 1.82) is 0 Å². The summed E-state index contributed by atoms with van der Waals surface area (Å²) in [5, 5.41) is 10.5. The van der Waals surface area contributed by atoms with Gasteiger partial charge in [-0.3, -0.25) is 9.63 Å². The average molecular weight is 199 g/mol. The van der Waals surface area contributed by atoms with Gasteiger partial charge in [0.1, 0.15) is 5.60 Å². The lowest BCUT2D eigenvalue weighted by molar-refractivity contribution is -0.221. The molecule has 1 spiro atoms. The molecule has 0 aromatic carbocycles. The number of hydrogen-bond acceptors (Lipinski definition) is 3. The third kappa shape index (κ3) is 1.77. The zero-order valence-electron chi connectivity index (χ0n) is 8.53. The van der Waals surface area contributed by atoms with Gasteiger partial charge in [0.25, 0.3) is 0 Å². The minimum atomic E-state index is -0.371. The van der Waals surface area contributed by atoms with E-state index in [0.717, 1.165) is 19.3 Å². The maximum atomic E-state index is 11.5. The second-order valence-corrected chi connectivity index (χ2v) is 4.44. The molecule has 0 aromatic rings. The van der Waals surface area contributed by atoms with Crippen LogP contribution in [0, 0.1) is 0 Å². The summed E-state index contributed by atoms with van der Waals surface area (Å²) in [6, 6.07) is 0. The molecule has 1 aliphatic carbocycles. The minimum Gasteiger partial charge on any atom is -0.393 e. The Morgan fingerprint density at radius 1 is 1.64 bits per heavy atom. The first-order valence-electron chi connectivity index (χ1n) is 5.29. The highest BCUT2D eigenvalue weighted by molar-refractivity contribution is 5.78. The quantitative estimate of drug-likeness (QED) is 0.733. The number of carbonyl (C=O) groups is 1. The van der Waals surface area contributed by atoms with Crippen molar-refractivity contribution >= 4 is 5.91 Å². The van der Waals surface area contributed by atoms with Gasteiger partial charge in [0, 0.05) is 0 Å². The van der Waals surface area contributed by atoms with E-state index in [0.29, 0.717) is 19.4 Å². The normalized spacial score (nSPS) is 26.7. The fourth-order valence-electron chi connectivity index (χ4n) is 1.99. The van der Waals surface area contributed by atoms with Gasteiger partial charge in [-0.2, -0.15) is 0 Å². The molecule has 1 N–H and O–H groups in total. The molecular weight excluding hydrogens is 182 g/mol. The van der Waals surface area contributed by atoms with E-state index in [1.54, 1.807) is 6.92 Å². The first-order chi connectivity index (χ1) is 6.61. The number of amides is 1. The van der Waals surface area contributed by atoms with Crippen LogP contribution in [0.3, 0.4) is 0 Å². The highest BCUT2D eigenvalue weighted by Crippen LogP contribution is 2.43. The summed E-state index contributed by atoms with van der Waals surface area (Å²) in [6.45, 7) is 2.23.